The number of benzene rings is 1. The Morgan fingerprint density at radius 2 is 1.95 bits per heavy atom. The van der Waals surface area contributed by atoms with Crippen molar-refractivity contribution in [2.75, 3.05) is 20.3 Å². The molecule has 0 saturated carbocycles. The van der Waals surface area contributed by atoms with Crippen LogP contribution in [0.4, 0.5) is 0 Å². The summed E-state index contributed by atoms with van der Waals surface area (Å²) in [4.78, 5) is 11.8. The Labute approximate surface area is 126 Å². The molecule has 1 atom stereocenters. The van der Waals surface area contributed by atoms with Crippen LogP contribution in [0.5, 0.6) is 11.5 Å². The normalized spacial score (nSPS) is 11.8. The Bertz CT molecular complexity index is 448. The van der Waals surface area contributed by atoms with E-state index in [4.69, 9.17) is 14.2 Å². The lowest BCUT2D eigenvalue weighted by Crippen LogP contribution is -2.28. The Morgan fingerprint density at radius 1 is 1.19 bits per heavy atom. The summed E-state index contributed by atoms with van der Waals surface area (Å²) < 4.78 is 16.4. The number of nitrogens with one attached hydrogen (secondary N) is 1. The minimum absolute atomic E-state index is 0.345. The second kappa shape index (κ2) is 9.23. The minimum Gasteiger partial charge on any atom is -0.490 e. The van der Waals surface area contributed by atoms with Gasteiger partial charge in [-0.2, -0.15) is 0 Å². The van der Waals surface area contributed by atoms with E-state index in [0.717, 1.165) is 12.1 Å². The molecule has 0 bridgehead atoms. The predicted octanol–water partition coefficient (Wildman–Crippen LogP) is 2.53. The van der Waals surface area contributed by atoms with Crippen LogP contribution in [0, 0.1) is 0 Å². The van der Waals surface area contributed by atoms with Gasteiger partial charge in [-0.3, -0.25) is 0 Å². The number of carbonyl (C=O) groups excluding carboxylic acids is 1. The molecule has 0 spiro atoms. The summed E-state index contributed by atoms with van der Waals surface area (Å²) in [6.07, 6.45) is -0.0674. The van der Waals surface area contributed by atoms with E-state index in [2.05, 4.69) is 5.32 Å². The second-order valence-corrected chi connectivity index (χ2v) is 4.51. The molecule has 0 fully saturated rings. The van der Waals surface area contributed by atoms with Crippen molar-refractivity contribution >= 4 is 5.97 Å². The van der Waals surface area contributed by atoms with E-state index in [0.29, 0.717) is 31.1 Å². The van der Waals surface area contributed by atoms with Gasteiger partial charge in [-0.05, 0) is 45.0 Å². The molecule has 118 valence electrons. The average Bonchev–Trinajstić information content (AvgIpc) is 2.47. The molecule has 0 saturated heterocycles. The number of hydrogen-bond acceptors (Lipinski definition) is 5. The van der Waals surface area contributed by atoms with Gasteiger partial charge in [-0.25, -0.2) is 4.79 Å². The fourth-order valence-electron chi connectivity index (χ4n) is 1.92. The molecule has 0 aliphatic carbocycles. The van der Waals surface area contributed by atoms with E-state index >= 15 is 0 Å². The van der Waals surface area contributed by atoms with Gasteiger partial charge in [0.1, 0.15) is 0 Å². The van der Waals surface area contributed by atoms with Crippen molar-refractivity contribution in [3.05, 3.63) is 23.8 Å². The third-order valence-corrected chi connectivity index (χ3v) is 2.88. The van der Waals surface area contributed by atoms with Crippen molar-refractivity contribution < 1.29 is 19.0 Å². The Balaban J connectivity index is 2.91. The molecule has 0 amide bonds. The van der Waals surface area contributed by atoms with Gasteiger partial charge in [0.05, 0.1) is 13.2 Å². The highest BCUT2D eigenvalue weighted by atomic mass is 16.6. The van der Waals surface area contributed by atoms with E-state index in [1.54, 1.807) is 6.92 Å². The third kappa shape index (κ3) is 5.27. The minimum atomic E-state index is -0.612. The van der Waals surface area contributed by atoms with Crippen LogP contribution < -0.4 is 14.8 Å². The van der Waals surface area contributed by atoms with Gasteiger partial charge in [0.25, 0.3) is 0 Å². The van der Waals surface area contributed by atoms with Gasteiger partial charge >= 0.3 is 5.97 Å². The first kappa shape index (κ1) is 17.3. The highest BCUT2D eigenvalue weighted by Crippen LogP contribution is 2.30. The quantitative estimate of drug-likeness (QED) is 0.709. The number of hydrogen-bond donors (Lipinski definition) is 1. The molecule has 1 N–H and O–H groups in total. The van der Waals surface area contributed by atoms with Crippen molar-refractivity contribution in [1.82, 2.24) is 5.32 Å². The van der Waals surface area contributed by atoms with Crippen molar-refractivity contribution in [1.29, 1.82) is 0 Å². The van der Waals surface area contributed by atoms with Crippen LogP contribution in [0.2, 0.25) is 0 Å². The molecule has 1 aromatic carbocycles. The largest absolute Gasteiger partial charge is 0.490 e. The summed E-state index contributed by atoms with van der Waals surface area (Å²) >= 11 is 0. The zero-order chi connectivity index (χ0) is 15.7. The van der Waals surface area contributed by atoms with Crippen LogP contribution in [-0.2, 0) is 16.1 Å². The summed E-state index contributed by atoms with van der Waals surface area (Å²) in [5.74, 6) is 0.867. The fraction of sp³-hybridized carbons (Fsp3) is 0.562. The lowest BCUT2D eigenvalue weighted by atomic mass is 10.2. The number of ether oxygens (including phenoxy) is 3. The molecule has 1 aromatic rings. The summed E-state index contributed by atoms with van der Waals surface area (Å²) in [5, 5.41) is 3.09. The summed E-state index contributed by atoms with van der Waals surface area (Å²) in [5.41, 5.74) is 1.09. The molecule has 21 heavy (non-hydrogen) atoms. The molecule has 1 unspecified atom stereocenters. The van der Waals surface area contributed by atoms with Crippen LogP contribution >= 0.6 is 0 Å². The topological polar surface area (TPSA) is 56.8 Å². The van der Waals surface area contributed by atoms with Crippen LogP contribution in [0.15, 0.2) is 18.2 Å². The number of esters is 1. The summed E-state index contributed by atoms with van der Waals surface area (Å²) in [6, 6.07) is 5.71. The predicted molar refractivity (Wildman–Crippen MR) is 81.7 cm³/mol. The maximum Gasteiger partial charge on any atom is 0.347 e. The van der Waals surface area contributed by atoms with E-state index in [-0.39, 0.29) is 5.97 Å². The van der Waals surface area contributed by atoms with Crippen LogP contribution in [0.3, 0.4) is 0 Å². The number of rotatable bonds is 9. The number of carbonyl (C=O) groups is 1. The van der Waals surface area contributed by atoms with Crippen molar-refractivity contribution in [2.24, 2.45) is 0 Å². The lowest BCUT2D eigenvalue weighted by Gasteiger charge is -2.19. The van der Waals surface area contributed by atoms with Gasteiger partial charge in [0, 0.05) is 6.54 Å². The van der Waals surface area contributed by atoms with E-state index in [9.17, 15) is 4.79 Å². The molecule has 5 heteroatoms. The third-order valence-electron chi connectivity index (χ3n) is 2.88. The zero-order valence-corrected chi connectivity index (χ0v) is 13.3. The van der Waals surface area contributed by atoms with Crippen LogP contribution in [0.25, 0.3) is 0 Å². The molecule has 0 aromatic heterocycles. The van der Waals surface area contributed by atoms with E-state index in [1.807, 2.05) is 39.1 Å². The lowest BCUT2D eigenvalue weighted by molar-refractivity contribution is -0.151. The van der Waals surface area contributed by atoms with Gasteiger partial charge in [-0.15, -0.1) is 0 Å². The monoisotopic (exact) mass is 295 g/mol. The first-order valence-electron chi connectivity index (χ1n) is 7.39. The van der Waals surface area contributed by atoms with E-state index in [1.165, 1.54) is 0 Å². The van der Waals surface area contributed by atoms with Gasteiger partial charge < -0.3 is 19.5 Å². The summed E-state index contributed by atoms with van der Waals surface area (Å²) in [7, 11) is 1.89. The summed E-state index contributed by atoms with van der Waals surface area (Å²) in [6.45, 7) is 7.21. The smallest absolute Gasteiger partial charge is 0.347 e. The molecule has 0 heterocycles. The molecule has 5 nitrogen and oxygen atoms in total. The van der Waals surface area contributed by atoms with Gasteiger partial charge in [0.2, 0.25) is 0 Å². The fourth-order valence-corrected chi connectivity index (χ4v) is 1.92. The molecular formula is C16H25NO4. The molecule has 0 radical (unpaired) electrons. The maximum atomic E-state index is 11.8. The SMILES string of the molecule is CCOC(=O)C(CC)Oc1ccc(CNC)cc1OCC. The second-order valence-electron chi connectivity index (χ2n) is 4.51. The van der Waals surface area contributed by atoms with E-state index < -0.39 is 6.10 Å². The van der Waals surface area contributed by atoms with Crippen molar-refractivity contribution in [2.45, 2.75) is 39.8 Å². The molecule has 0 aliphatic heterocycles. The van der Waals surface area contributed by atoms with Crippen molar-refractivity contribution in [3.63, 3.8) is 0 Å². The average molecular weight is 295 g/mol. The van der Waals surface area contributed by atoms with Crippen LogP contribution in [0.1, 0.15) is 32.8 Å². The Morgan fingerprint density at radius 3 is 2.52 bits per heavy atom. The Hall–Kier alpha value is -1.75. The molecule has 1 rings (SSSR count). The molecule has 0 aliphatic rings. The van der Waals surface area contributed by atoms with Crippen molar-refractivity contribution in [3.8, 4) is 11.5 Å². The highest BCUT2D eigenvalue weighted by molar-refractivity contribution is 5.75. The highest BCUT2D eigenvalue weighted by Gasteiger charge is 2.21. The maximum absolute atomic E-state index is 11.8. The molecular weight excluding hydrogens is 270 g/mol. The van der Waals surface area contributed by atoms with Crippen LogP contribution in [-0.4, -0.2) is 32.3 Å². The standard InChI is InChI=1S/C16H25NO4/c1-5-13(16(18)20-7-3)21-14-9-8-12(11-17-4)10-15(14)19-6-2/h8-10,13,17H,5-7,11H2,1-4H3. The van der Waals surface area contributed by atoms with Gasteiger partial charge in [-0.1, -0.05) is 13.0 Å². The first-order valence-corrected chi connectivity index (χ1v) is 7.39. The first-order chi connectivity index (χ1) is 10.2. The Kier molecular flexibility index (Phi) is 7.61. The van der Waals surface area contributed by atoms with Gasteiger partial charge in [0.15, 0.2) is 17.6 Å². The zero-order valence-electron chi connectivity index (χ0n) is 13.3.